The predicted molar refractivity (Wildman–Crippen MR) is 133 cm³/mol. The number of nitrogens with two attached hydrogens (primary N) is 1. The Morgan fingerprint density at radius 1 is 1.21 bits per heavy atom. The Bertz CT molecular complexity index is 856. The smallest absolute Gasteiger partial charge is 0.319 e. The lowest BCUT2D eigenvalue weighted by molar-refractivity contribution is -0.155. The van der Waals surface area contributed by atoms with Crippen LogP contribution in [-0.4, -0.2) is 42.9 Å². The van der Waals surface area contributed by atoms with Gasteiger partial charge >= 0.3 is 5.97 Å². The van der Waals surface area contributed by atoms with Gasteiger partial charge in [-0.15, -0.1) is 0 Å². The van der Waals surface area contributed by atoms with Crippen molar-refractivity contribution in [1.29, 1.82) is 0 Å². The summed E-state index contributed by atoms with van der Waals surface area (Å²) in [5.41, 5.74) is 9.44. The van der Waals surface area contributed by atoms with E-state index in [0.717, 1.165) is 49.5 Å². The van der Waals surface area contributed by atoms with Crippen molar-refractivity contribution in [3.63, 3.8) is 0 Å². The third-order valence-corrected chi connectivity index (χ3v) is 11.4. The zero-order valence-electron chi connectivity index (χ0n) is 21.6. The van der Waals surface area contributed by atoms with Crippen LogP contribution in [0.5, 0.6) is 0 Å². The number of esters is 1. The highest BCUT2D eigenvalue weighted by Gasteiger charge is 2.58. The number of rotatable bonds is 2. The molecule has 1 spiro atoms. The molecule has 0 aromatic heterocycles. The second kappa shape index (κ2) is 8.59. The van der Waals surface area contributed by atoms with Crippen LogP contribution in [0.25, 0.3) is 0 Å². The normalized spacial score (nSPS) is 50.2. The number of allylic oxidation sites excluding steroid dienone is 1. The second-order valence-electron chi connectivity index (χ2n) is 13.4. The summed E-state index contributed by atoms with van der Waals surface area (Å²) in [6.45, 7) is 8.53. The van der Waals surface area contributed by atoms with Crippen LogP contribution in [0.2, 0.25) is 0 Å². The fraction of sp³-hybridized carbons (Fsp3) is 0.897. The third kappa shape index (κ3) is 3.80. The van der Waals surface area contributed by atoms with Crippen molar-refractivity contribution < 1.29 is 14.3 Å². The summed E-state index contributed by atoms with van der Waals surface area (Å²) < 4.78 is 12.6. The largest absolute Gasteiger partial charge is 0.461 e. The molecule has 4 aliphatic carbocycles. The van der Waals surface area contributed by atoms with Crippen LogP contribution >= 0.6 is 0 Å². The van der Waals surface area contributed by atoms with Crippen LogP contribution in [0.4, 0.5) is 0 Å². The molecule has 0 aromatic rings. The molecule has 0 bridgehead atoms. The van der Waals surface area contributed by atoms with Crippen molar-refractivity contribution in [3.8, 4) is 0 Å². The van der Waals surface area contributed by atoms with Gasteiger partial charge in [-0.2, -0.15) is 0 Å². The zero-order valence-corrected chi connectivity index (χ0v) is 21.6. The third-order valence-electron chi connectivity index (χ3n) is 11.4. The van der Waals surface area contributed by atoms with Crippen molar-refractivity contribution in [2.24, 2.45) is 40.7 Å². The topological polar surface area (TPSA) is 73.6 Å². The van der Waals surface area contributed by atoms with E-state index in [1.54, 1.807) is 5.57 Å². The molecule has 2 aliphatic heterocycles. The van der Waals surface area contributed by atoms with Gasteiger partial charge in [-0.3, -0.25) is 4.79 Å². The number of hydrogen-bond acceptors (Lipinski definition) is 5. The van der Waals surface area contributed by atoms with Gasteiger partial charge in [0.2, 0.25) is 0 Å². The maximum absolute atomic E-state index is 11.8. The molecule has 0 radical (unpaired) electrons. The number of fused-ring (bicyclic) bond motifs is 6. The van der Waals surface area contributed by atoms with E-state index in [-0.39, 0.29) is 24.2 Å². The van der Waals surface area contributed by atoms with E-state index >= 15 is 0 Å². The van der Waals surface area contributed by atoms with Gasteiger partial charge in [0.15, 0.2) is 0 Å². The average molecular weight is 471 g/mol. The minimum Gasteiger partial charge on any atom is -0.461 e. The Balaban J connectivity index is 1.19. The number of ether oxygens (including phenoxy) is 2. The lowest BCUT2D eigenvalue weighted by Crippen LogP contribution is -2.48. The zero-order chi connectivity index (χ0) is 23.7. The van der Waals surface area contributed by atoms with Crippen LogP contribution in [0, 0.1) is 35.0 Å². The van der Waals surface area contributed by atoms with Crippen molar-refractivity contribution in [1.82, 2.24) is 5.32 Å². The molecule has 6 rings (SSSR count). The Morgan fingerprint density at radius 2 is 2.06 bits per heavy atom. The predicted octanol–water partition coefficient (Wildman–Crippen LogP) is 4.74. The SMILES string of the molecule is CC1=C2CC3C(CCC4CC(OC(=O)CN)CCC43C)C2CCC2(C1)CC1NCC(C)C[C@H]1O2. The molecule has 3 N–H and O–H groups in total. The molecule has 9 unspecified atom stereocenters. The fourth-order valence-electron chi connectivity index (χ4n) is 9.74. The second-order valence-corrected chi connectivity index (χ2v) is 13.4. The first-order valence-corrected chi connectivity index (χ1v) is 14.3. The number of piperidine rings is 1. The average Bonchev–Trinajstić information content (AvgIpc) is 3.32. The summed E-state index contributed by atoms with van der Waals surface area (Å²) in [7, 11) is 0. The van der Waals surface area contributed by atoms with Gasteiger partial charge in [-0.1, -0.05) is 25.0 Å². The van der Waals surface area contributed by atoms with Crippen LogP contribution in [0.15, 0.2) is 11.1 Å². The van der Waals surface area contributed by atoms with Crippen LogP contribution in [0.1, 0.15) is 91.4 Å². The van der Waals surface area contributed by atoms with E-state index in [1.165, 1.54) is 51.4 Å². The van der Waals surface area contributed by atoms with E-state index in [2.05, 4.69) is 26.1 Å². The highest BCUT2D eigenvalue weighted by atomic mass is 16.5. The van der Waals surface area contributed by atoms with Crippen molar-refractivity contribution >= 4 is 5.97 Å². The van der Waals surface area contributed by atoms with Crippen LogP contribution in [0.3, 0.4) is 0 Å². The summed E-state index contributed by atoms with van der Waals surface area (Å²) in [6, 6.07) is 0.567. The first-order chi connectivity index (χ1) is 16.3. The molecular formula is C29H46N2O3. The molecule has 2 saturated heterocycles. The first kappa shape index (κ1) is 23.5. The summed E-state index contributed by atoms with van der Waals surface area (Å²) in [5, 5.41) is 3.81. The van der Waals surface area contributed by atoms with Gasteiger partial charge in [0.05, 0.1) is 18.2 Å². The molecule has 2 heterocycles. The van der Waals surface area contributed by atoms with Crippen LogP contribution < -0.4 is 11.1 Å². The molecule has 0 amide bonds. The number of hydrogen-bond donors (Lipinski definition) is 2. The van der Waals surface area contributed by atoms with E-state index in [0.29, 0.717) is 23.5 Å². The van der Waals surface area contributed by atoms with Crippen LogP contribution in [-0.2, 0) is 14.3 Å². The van der Waals surface area contributed by atoms with Gasteiger partial charge in [0, 0.05) is 6.04 Å². The monoisotopic (exact) mass is 470 g/mol. The molecule has 0 aromatic carbocycles. The molecular weight excluding hydrogens is 424 g/mol. The highest BCUT2D eigenvalue weighted by molar-refractivity contribution is 5.71. The van der Waals surface area contributed by atoms with Crippen molar-refractivity contribution in [2.75, 3.05) is 13.1 Å². The van der Waals surface area contributed by atoms with Gasteiger partial charge < -0.3 is 20.5 Å². The summed E-state index contributed by atoms with van der Waals surface area (Å²) in [4.78, 5) is 11.8. The van der Waals surface area contributed by atoms with E-state index in [9.17, 15) is 4.79 Å². The molecule has 34 heavy (non-hydrogen) atoms. The maximum atomic E-state index is 11.8. The van der Waals surface area contributed by atoms with Gasteiger partial charge in [-0.05, 0) is 119 Å². The quantitative estimate of drug-likeness (QED) is 0.451. The molecule has 3 saturated carbocycles. The fourth-order valence-corrected chi connectivity index (χ4v) is 9.74. The van der Waals surface area contributed by atoms with Gasteiger partial charge in [-0.25, -0.2) is 0 Å². The minimum absolute atomic E-state index is 0.0000319. The Morgan fingerprint density at radius 3 is 2.88 bits per heavy atom. The van der Waals surface area contributed by atoms with Gasteiger partial charge in [0.1, 0.15) is 6.10 Å². The summed E-state index contributed by atoms with van der Waals surface area (Å²) in [5.74, 6) is 3.59. The lowest BCUT2D eigenvalue weighted by Gasteiger charge is -2.54. The number of nitrogens with one attached hydrogen (secondary N) is 1. The van der Waals surface area contributed by atoms with Crippen molar-refractivity contribution in [3.05, 3.63) is 11.1 Å². The lowest BCUT2D eigenvalue weighted by atomic mass is 9.52. The Kier molecular flexibility index (Phi) is 5.93. The van der Waals surface area contributed by atoms with E-state index < -0.39 is 0 Å². The molecule has 5 fully saturated rings. The maximum Gasteiger partial charge on any atom is 0.319 e. The number of carbonyl (C=O) groups excluding carboxylic acids is 1. The molecule has 5 nitrogen and oxygen atoms in total. The molecule has 5 heteroatoms. The molecule has 10 atom stereocenters. The Hall–Kier alpha value is -0.910. The Labute approximate surface area is 206 Å². The van der Waals surface area contributed by atoms with E-state index in [1.807, 2.05) is 5.57 Å². The molecule has 6 aliphatic rings. The molecule has 190 valence electrons. The van der Waals surface area contributed by atoms with E-state index in [4.69, 9.17) is 15.2 Å². The summed E-state index contributed by atoms with van der Waals surface area (Å²) >= 11 is 0. The summed E-state index contributed by atoms with van der Waals surface area (Å²) in [6.07, 6.45) is 13.8. The minimum atomic E-state index is -0.237. The standard InChI is InChI=1S/C29H46N2O3/c1-17-10-26-25(31-16-17)14-29(34-26)9-7-21-22-5-4-19-11-20(33-27(32)15-30)6-8-28(19,3)24(22)12-23(21)18(2)13-29/h17,19-22,24-26,31H,4-16,30H2,1-3H3/t17?,19?,20?,21?,22?,24?,25?,26-,28?,29?/m1/s1. The number of carbonyl (C=O) groups is 1. The van der Waals surface area contributed by atoms with Crippen molar-refractivity contribution in [2.45, 2.75) is 115 Å². The first-order valence-electron chi connectivity index (χ1n) is 14.3. The highest BCUT2D eigenvalue weighted by Crippen LogP contribution is 2.65. The van der Waals surface area contributed by atoms with Gasteiger partial charge in [0.25, 0.3) is 0 Å².